The number of benzene rings is 1. The second-order valence-electron chi connectivity index (χ2n) is 4.88. The highest BCUT2D eigenvalue weighted by Crippen LogP contribution is 2.32. The molecule has 1 N–H and O–H groups in total. The maximum absolute atomic E-state index is 13.3. The van der Waals surface area contributed by atoms with Crippen LogP contribution in [0.15, 0.2) is 18.2 Å². The minimum absolute atomic E-state index is 0.00218. The first-order valence-corrected chi connectivity index (χ1v) is 6.08. The fourth-order valence-electron chi connectivity index (χ4n) is 2.07. The molecule has 1 aromatic carbocycles. The number of aliphatic carboxylic acids is 1. The molecule has 0 radical (unpaired) electrons. The Morgan fingerprint density at radius 1 is 1.30 bits per heavy atom. The summed E-state index contributed by atoms with van der Waals surface area (Å²) in [6.07, 6.45) is -2.99. The van der Waals surface area contributed by atoms with E-state index in [1.807, 2.05) is 0 Å². The number of halogens is 4. The van der Waals surface area contributed by atoms with E-state index in [1.54, 1.807) is 4.90 Å². The van der Waals surface area contributed by atoms with E-state index in [0.717, 1.165) is 25.0 Å². The molecule has 1 aliphatic carbocycles. The van der Waals surface area contributed by atoms with E-state index in [-0.39, 0.29) is 24.7 Å². The highest BCUT2D eigenvalue weighted by Gasteiger charge is 2.33. The van der Waals surface area contributed by atoms with Crippen molar-refractivity contribution >= 4 is 5.97 Å². The van der Waals surface area contributed by atoms with Crippen LogP contribution in [0.2, 0.25) is 0 Å². The van der Waals surface area contributed by atoms with E-state index in [4.69, 9.17) is 5.11 Å². The first kappa shape index (κ1) is 14.8. The molecule has 1 aromatic rings. The van der Waals surface area contributed by atoms with E-state index < -0.39 is 23.5 Å². The number of hydrogen-bond donors (Lipinski definition) is 1. The highest BCUT2D eigenvalue weighted by molar-refractivity contribution is 5.69. The molecular weight excluding hydrogens is 278 g/mol. The second kappa shape index (κ2) is 5.40. The third-order valence-corrected chi connectivity index (χ3v) is 3.07. The lowest BCUT2D eigenvalue weighted by atomic mass is 10.1. The van der Waals surface area contributed by atoms with Gasteiger partial charge in [-0.3, -0.25) is 9.69 Å². The van der Waals surface area contributed by atoms with Gasteiger partial charge in [0.05, 0.1) is 12.1 Å². The zero-order chi connectivity index (χ0) is 14.9. The zero-order valence-corrected chi connectivity index (χ0v) is 10.5. The van der Waals surface area contributed by atoms with E-state index in [2.05, 4.69) is 0 Å². The van der Waals surface area contributed by atoms with Gasteiger partial charge < -0.3 is 5.11 Å². The van der Waals surface area contributed by atoms with Crippen LogP contribution in [0.25, 0.3) is 0 Å². The summed E-state index contributed by atoms with van der Waals surface area (Å²) in [7, 11) is 0. The molecule has 1 fully saturated rings. The molecule has 7 heteroatoms. The third-order valence-electron chi connectivity index (χ3n) is 3.07. The molecule has 1 saturated carbocycles. The van der Waals surface area contributed by atoms with Gasteiger partial charge in [-0.25, -0.2) is 4.39 Å². The normalized spacial score (nSPS) is 15.7. The Morgan fingerprint density at radius 2 is 1.95 bits per heavy atom. The third kappa shape index (κ3) is 3.93. The van der Waals surface area contributed by atoms with Crippen molar-refractivity contribution in [3.05, 3.63) is 35.1 Å². The fourth-order valence-corrected chi connectivity index (χ4v) is 2.07. The van der Waals surface area contributed by atoms with Crippen LogP contribution in [-0.4, -0.2) is 28.6 Å². The Bertz CT molecular complexity index is 512. The molecule has 1 aliphatic rings. The minimum Gasteiger partial charge on any atom is -0.480 e. The van der Waals surface area contributed by atoms with Gasteiger partial charge >= 0.3 is 12.1 Å². The lowest BCUT2D eigenvalue weighted by Gasteiger charge is -2.20. The number of rotatable bonds is 5. The largest absolute Gasteiger partial charge is 0.480 e. The van der Waals surface area contributed by atoms with E-state index >= 15 is 0 Å². The quantitative estimate of drug-likeness (QED) is 0.848. The van der Waals surface area contributed by atoms with E-state index in [1.165, 1.54) is 0 Å². The van der Waals surface area contributed by atoms with Gasteiger partial charge in [-0.15, -0.1) is 0 Å². The number of nitrogens with zero attached hydrogens (tertiary/aromatic N) is 1. The molecule has 0 atom stereocenters. The molecule has 0 saturated heterocycles. The molecule has 0 aliphatic heterocycles. The molecule has 0 unspecified atom stereocenters. The molecule has 20 heavy (non-hydrogen) atoms. The van der Waals surface area contributed by atoms with Crippen molar-refractivity contribution in [2.75, 3.05) is 6.54 Å². The van der Waals surface area contributed by atoms with Gasteiger partial charge in [0, 0.05) is 12.6 Å². The lowest BCUT2D eigenvalue weighted by Crippen LogP contribution is -2.31. The predicted molar refractivity (Wildman–Crippen MR) is 62.5 cm³/mol. The Morgan fingerprint density at radius 3 is 2.45 bits per heavy atom. The molecule has 0 heterocycles. The zero-order valence-electron chi connectivity index (χ0n) is 10.5. The topological polar surface area (TPSA) is 40.5 Å². The second-order valence-corrected chi connectivity index (χ2v) is 4.88. The maximum Gasteiger partial charge on any atom is 0.416 e. The summed E-state index contributed by atoms with van der Waals surface area (Å²) in [4.78, 5) is 12.3. The molecular formula is C13H13F4NO2. The van der Waals surface area contributed by atoms with Crippen LogP contribution in [0.5, 0.6) is 0 Å². The fraction of sp³-hybridized carbons (Fsp3) is 0.462. The molecule has 0 bridgehead atoms. The average molecular weight is 291 g/mol. The summed E-state index contributed by atoms with van der Waals surface area (Å²) in [6, 6.07) is 2.36. The van der Waals surface area contributed by atoms with Gasteiger partial charge in [-0.1, -0.05) is 0 Å². The van der Waals surface area contributed by atoms with Crippen LogP contribution < -0.4 is 0 Å². The molecule has 110 valence electrons. The SMILES string of the molecule is O=C(O)CN(Cc1cc(F)cc(C(F)(F)F)c1)C1CC1. The molecule has 0 spiro atoms. The summed E-state index contributed by atoms with van der Waals surface area (Å²) < 4.78 is 51.0. The Labute approximate surface area is 112 Å². The lowest BCUT2D eigenvalue weighted by molar-refractivity contribution is -0.139. The van der Waals surface area contributed by atoms with Crippen LogP contribution >= 0.6 is 0 Å². The van der Waals surface area contributed by atoms with Gasteiger partial charge in [-0.2, -0.15) is 13.2 Å². The summed E-state index contributed by atoms with van der Waals surface area (Å²) in [5, 5.41) is 8.78. The smallest absolute Gasteiger partial charge is 0.416 e. The van der Waals surface area contributed by atoms with Crippen LogP contribution in [0.4, 0.5) is 17.6 Å². The number of hydrogen-bond acceptors (Lipinski definition) is 2. The van der Waals surface area contributed by atoms with Gasteiger partial charge in [0.15, 0.2) is 0 Å². The van der Waals surface area contributed by atoms with Crippen LogP contribution in [0.1, 0.15) is 24.0 Å². The van der Waals surface area contributed by atoms with Gasteiger partial charge in [0.2, 0.25) is 0 Å². The average Bonchev–Trinajstić information content (AvgIpc) is 3.09. The van der Waals surface area contributed by atoms with Crippen molar-refractivity contribution in [1.29, 1.82) is 0 Å². The molecule has 0 aromatic heterocycles. The van der Waals surface area contributed by atoms with E-state index in [0.29, 0.717) is 6.07 Å². The molecule has 2 rings (SSSR count). The summed E-state index contributed by atoms with van der Waals surface area (Å²) >= 11 is 0. The van der Waals surface area contributed by atoms with Crippen molar-refractivity contribution in [2.24, 2.45) is 0 Å². The minimum atomic E-state index is -4.62. The first-order valence-electron chi connectivity index (χ1n) is 6.08. The monoisotopic (exact) mass is 291 g/mol. The predicted octanol–water partition coefficient (Wildman–Crippen LogP) is 2.89. The number of carbonyl (C=O) groups is 1. The van der Waals surface area contributed by atoms with Crippen molar-refractivity contribution in [3.8, 4) is 0 Å². The number of carboxylic acids is 1. The Kier molecular flexibility index (Phi) is 3.99. The van der Waals surface area contributed by atoms with Crippen LogP contribution in [0, 0.1) is 5.82 Å². The van der Waals surface area contributed by atoms with Crippen molar-refractivity contribution < 1.29 is 27.5 Å². The highest BCUT2D eigenvalue weighted by atomic mass is 19.4. The number of alkyl halides is 3. The van der Waals surface area contributed by atoms with Crippen molar-refractivity contribution in [2.45, 2.75) is 31.6 Å². The van der Waals surface area contributed by atoms with Gasteiger partial charge in [-0.05, 0) is 36.6 Å². The van der Waals surface area contributed by atoms with Gasteiger partial charge in [0.25, 0.3) is 0 Å². The summed E-state index contributed by atoms with van der Waals surface area (Å²) in [5.74, 6) is -2.02. The van der Waals surface area contributed by atoms with Crippen molar-refractivity contribution in [3.63, 3.8) is 0 Å². The van der Waals surface area contributed by atoms with Crippen LogP contribution in [0.3, 0.4) is 0 Å². The Hall–Kier alpha value is -1.63. The van der Waals surface area contributed by atoms with Crippen molar-refractivity contribution in [1.82, 2.24) is 4.90 Å². The summed E-state index contributed by atoms with van der Waals surface area (Å²) in [5.41, 5.74) is -0.927. The first-order chi connectivity index (χ1) is 9.25. The summed E-state index contributed by atoms with van der Waals surface area (Å²) in [6.45, 7) is -0.264. The standard InChI is InChI=1S/C13H13F4NO2/c14-10-4-8(3-9(5-10)13(15,16)17)6-18(7-12(19)20)11-1-2-11/h3-5,11H,1-2,6-7H2,(H,19,20). The molecule has 0 amide bonds. The molecule has 3 nitrogen and oxygen atoms in total. The maximum atomic E-state index is 13.3. The van der Waals surface area contributed by atoms with Crippen LogP contribution in [-0.2, 0) is 17.5 Å². The van der Waals surface area contributed by atoms with Gasteiger partial charge in [0.1, 0.15) is 5.82 Å². The Balaban J connectivity index is 2.19. The number of carboxylic acid groups (broad SMARTS) is 1. The van der Waals surface area contributed by atoms with E-state index in [9.17, 15) is 22.4 Å².